The Hall–Kier alpha value is -0.570. The van der Waals surface area contributed by atoms with Crippen molar-refractivity contribution in [1.82, 2.24) is 4.90 Å². The smallest absolute Gasteiger partial charge is 0.138 e. The molecular weight excluding hydrogens is 245 g/mol. The zero-order chi connectivity index (χ0) is 12.1. The Balaban J connectivity index is 2.59. The molecule has 0 atom stereocenters. The molecule has 0 aliphatic rings. The molecule has 0 saturated heterocycles. The van der Waals surface area contributed by atoms with Crippen LogP contribution in [0.2, 0.25) is 10.0 Å². The summed E-state index contributed by atoms with van der Waals surface area (Å²) < 4.78 is 0. The summed E-state index contributed by atoms with van der Waals surface area (Å²) in [5, 5.41) is 1.21. The number of hydrogen-bond acceptors (Lipinski definition) is 2. The van der Waals surface area contributed by atoms with Gasteiger partial charge in [0.05, 0.1) is 0 Å². The van der Waals surface area contributed by atoms with Crippen LogP contribution >= 0.6 is 23.2 Å². The summed E-state index contributed by atoms with van der Waals surface area (Å²) in [6.07, 6.45) is 0.892. The molecule has 2 nitrogen and oxygen atoms in total. The maximum atomic E-state index is 11.7. The maximum Gasteiger partial charge on any atom is 0.138 e. The number of halogens is 2. The van der Waals surface area contributed by atoms with Crippen LogP contribution in [0.4, 0.5) is 0 Å². The standard InChI is InChI=1S/C12H15Cl2NO/c1-15(2)6-5-11(16)8-9-7-10(13)3-4-12(9)14/h3-4,7H,5-6,8H2,1-2H3. The maximum absolute atomic E-state index is 11.7. The van der Waals surface area contributed by atoms with Crippen molar-refractivity contribution in [1.29, 1.82) is 0 Å². The molecule has 16 heavy (non-hydrogen) atoms. The number of carbonyl (C=O) groups is 1. The Labute approximate surface area is 106 Å². The molecule has 0 aliphatic carbocycles. The molecule has 0 saturated carbocycles. The van der Waals surface area contributed by atoms with E-state index in [-0.39, 0.29) is 5.78 Å². The van der Waals surface area contributed by atoms with Crippen LogP contribution in [0.15, 0.2) is 18.2 Å². The molecule has 0 N–H and O–H groups in total. The van der Waals surface area contributed by atoms with E-state index in [1.807, 2.05) is 19.0 Å². The fraction of sp³-hybridized carbons (Fsp3) is 0.417. The van der Waals surface area contributed by atoms with Gasteiger partial charge in [0.15, 0.2) is 0 Å². The summed E-state index contributed by atoms with van der Waals surface area (Å²) in [5.41, 5.74) is 0.804. The highest BCUT2D eigenvalue weighted by Crippen LogP contribution is 2.21. The van der Waals surface area contributed by atoms with Crippen molar-refractivity contribution in [2.75, 3.05) is 20.6 Å². The zero-order valence-electron chi connectivity index (χ0n) is 9.46. The molecule has 4 heteroatoms. The van der Waals surface area contributed by atoms with Gasteiger partial charge in [-0.25, -0.2) is 0 Å². The van der Waals surface area contributed by atoms with Crippen LogP contribution in [0.1, 0.15) is 12.0 Å². The molecule has 0 heterocycles. The third-order valence-corrected chi connectivity index (χ3v) is 2.84. The highest BCUT2D eigenvalue weighted by molar-refractivity contribution is 6.33. The molecule has 0 aromatic heterocycles. The van der Waals surface area contributed by atoms with E-state index in [1.165, 1.54) is 0 Å². The summed E-state index contributed by atoms with van der Waals surface area (Å²) >= 11 is 11.8. The molecule has 0 amide bonds. The van der Waals surface area contributed by atoms with E-state index in [1.54, 1.807) is 18.2 Å². The van der Waals surface area contributed by atoms with Crippen molar-refractivity contribution >= 4 is 29.0 Å². The lowest BCUT2D eigenvalue weighted by Gasteiger charge is -2.09. The summed E-state index contributed by atoms with van der Waals surface area (Å²) in [6, 6.07) is 5.19. The highest BCUT2D eigenvalue weighted by Gasteiger charge is 2.08. The normalized spacial score (nSPS) is 10.8. The first-order valence-corrected chi connectivity index (χ1v) is 5.85. The first-order valence-electron chi connectivity index (χ1n) is 5.09. The number of Topliss-reactive ketones (excluding diaryl/α,β-unsaturated/α-hetero) is 1. The minimum absolute atomic E-state index is 0.179. The second-order valence-corrected chi connectivity index (χ2v) is 4.85. The average Bonchev–Trinajstić information content (AvgIpc) is 2.20. The van der Waals surface area contributed by atoms with E-state index < -0.39 is 0 Å². The van der Waals surface area contributed by atoms with Gasteiger partial charge in [-0.05, 0) is 37.9 Å². The van der Waals surface area contributed by atoms with E-state index in [0.29, 0.717) is 22.9 Å². The topological polar surface area (TPSA) is 20.3 Å². The largest absolute Gasteiger partial charge is 0.309 e. The quantitative estimate of drug-likeness (QED) is 0.811. The molecule has 1 aromatic carbocycles. The molecule has 88 valence electrons. The molecule has 1 rings (SSSR count). The van der Waals surface area contributed by atoms with Gasteiger partial charge >= 0.3 is 0 Å². The van der Waals surface area contributed by atoms with E-state index in [4.69, 9.17) is 23.2 Å². The van der Waals surface area contributed by atoms with Crippen molar-refractivity contribution in [3.63, 3.8) is 0 Å². The number of carbonyl (C=O) groups excluding carboxylic acids is 1. The van der Waals surface area contributed by atoms with Gasteiger partial charge in [-0.15, -0.1) is 0 Å². The molecule has 1 aromatic rings. The van der Waals surface area contributed by atoms with Crippen LogP contribution in [-0.2, 0) is 11.2 Å². The van der Waals surface area contributed by atoms with Crippen molar-refractivity contribution < 1.29 is 4.79 Å². The minimum atomic E-state index is 0.179. The van der Waals surface area contributed by atoms with Crippen molar-refractivity contribution in [3.8, 4) is 0 Å². The molecule has 0 radical (unpaired) electrons. The van der Waals surface area contributed by atoms with Gasteiger partial charge in [0.1, 0.15) is 5.78 Å². The van der Waals surface area contributed by atoms with Gasteiger partial charge in [-0.2, -0.15) is 0 Å². The van der Waals surface area contributed by atoms with Crippen LogP contribution < -0.4 is 0 Å². The second kappa shape index (κ2) is 6.24. The molecule has 0 unspecified atom stereocenters. The monoisotopic (exact) mass is 259 g/mol. The predicted molar refractivity (Wildman–Crippen MR) is 68.3 cm³/mol. The van der Waals surface area contributed by atoms with Gasteiger partial charge in [0.25, 0.3) is 0 Å². The van der Waals surface area contributed by atoms with Crippen LogP contribution in [0.3, 0.4) is 0 Å². The highest BCUT2D eigenvalue weighted by atomic mass is 35.5. The molecule has 0 fully saturated rings. The number of benzene rings is 1. The lowest BCUT2D eigenvalue weighted by atomic mass is 10.1. The summed E-state index contributed by atoms with van der Waals surface area (Å²) in [4.78, 5) is 13.6. The SMILES string of the molecule is CN(C)CCC(=O)Cc1cc(Cl)ccc1Cl. The van der Waals surface area contributed by atoms with Gasteiger partial charge < -0.3 is 4.90 Å². The van der Waals surface area contributed by atoms with Gasteiger partial charge in [0.2, 0.25) is 0 Å². The lowest BCUT2D eigenvalue weighted by molar-refractivity contribution is -0.118. The van der Waals surface area contributed by atoms with E-state index in [0.717, 1.165) is 12.1 Å². The first kappa shape index (κ1) is 13.5. The van der Waals surface area contributed by atoms with Crippen LogP contribution in [0.25, 0.3) is 0 Å². The van der Waals surface area contributed by atoms with E-state index in [2.05, 4.69) is 0 Å². The van der Waals surface area contributed by atoms with E-state index in [9.17, 15) is 4.79 Å². The fourth-order valence-corrected chi connectivity index (χ4v) is 1.71. The van der Waals surface area contributed by atoms with E-state index >= 15 is 0 Å². The average molecular weight is 260 g/mol. The molecule has 0 aliphatic heterocycles. The van der Waals surface area contributed by atoms with Crippen molar-refractivity contribution in [2.45, 2.75) is 12.8 Å². The molecule has 0 bridgehead atoms. The summed E-state index contributed by atoms with van der Waals surface area (Å²) in [6.45, 7) is 0.761. The number of hydrogen-bond donors (Lipinski definition) is 0. The lowest BCUT2D eigenvalue weighted by Crippen LogP contribution is -2.17. The third-order valence-electron chi connectivity index (χ3n) is 2.23. The van der Waals surface area contributed by atoms with Gasteiger partial charge in [-0.1, -0.05) is 23.2 Å². The minimum Gasteiger partial charge on any atom is -0.309 e. The van der Waals surface area contributed by atoms with Crippen molar-refractivity contribution in [3.05, 3.63) is 33.8 Å². The Morgan fingerprint density at radius 2 is 2.00 bits per heavy atom. The van der Waals surface area contributed by atoms with Crippen LogP contribution in [0.5, 0.6) is 0 Å². The Bertz CT molecular complexity index is 377. The Kier molecular flexibility index (Phi) is 5.26. The Morgan fingerprint density at radius 3 is 2.62 bits per heavy atom. The summed E-state index contributed by atoms with van der Waals surface area (Å²) in [5.74, 6) is 0.179. The Morgan fingerprint density at radius 1 is 1.31 bits per heavy atom. The van der Waals surface area contributed by atoms with Gasteiger partial charge in [0, 0.05) is 29.4 Å². The number of ketones is 1. The third kappa shape index (κ3) is 4.52. The molecular formula is C12H15Cl2NO. The summed E-state index contributed by atoms with van der Waals surface area (Å²) in [7, 11) is 3.89. The second-order valence-electron chi connectivity index (χ2n) is 4.00. The van der Waals surface area contributed by atoms with Crippen LogP contribution in [0, 0.1) is 0 Å². The van der Waals surface area contributed by atoms with Crippen LogP contribution in [-0.4, -0.2) is 31.3 Å². The number of nitrogens with zero attached hydrogens (tertiary/aromatic N) is 1. The number of rotatable bonds is 5. The predicted octanol–water partition coefficient (Wildman–Crippen LogP) is 3.06. The fourth-order valence-electron chi connectivity index (χ4n) is 1.33. The van der Waals surface area contributed by atoms with Gasteiger partial charge in [-0.3, -0.25) is 4.79 Å². The van der Waals surface area contributed by atoms with Crippen molar-refractivity contribution in [2.24, 2.45) is 0 Å². The molecule has 0 spiro atoms. The zero-order valence-corrected chi connectivity index (χ0v) is 11.0. The first-order chi connectivity index (χ1) is 7.49.